The number of nitrogens with one attached hydrogen (secondary N) is 1. The van der Waals surface area contributed by atoms with Gasteiger partial charge in [0, 0.05) is 12.7 Å². The molecular weight excluding hydrogens is 186 g/mol. The van der Waals surface area contributed by atoms with E-state index in [9.17, 15) is 0 Å². The molecule has 0 fully saturated rings. The number of ether oxygens (including phenoxy) is 1. The van der Waals surface area contributed by atoms with Gasteiger partial charge >= 0.3 is 0 Å². The zero-order chi connectivity index (χ0) is 9.68. The predicted octanol–water partition coefficient (Wildman–Crippen LogP) is 3.17. The van der Waals surface area contributed by atoms with E-state index < -0.39 is 0 Å². The summed E-state index contributed by atoms with van der Waals surface area (Å²) < 4.78 is 5.43. The largest absolute Gasteiger partial charge is 0.492 e. The summed E-state index contributed by atoms with van der Waals surface area (Å²) in [5.74, 6) is 0.752. The highest BCUT2D eigenvalue weighted by molar-refractivity contribution is 6.32. The number of hydrogen-bond acceptors (Lipinski definition) is 2. The van der Waals surface area contributed by atoms with Gasteiger partial charge in [-0.1, -0.05) is 18.5 Å². The van der Waals surface area contributed by atoms with Crippen molar-refractivity contribution in [2.75, 3.05) is 19.0 Å². The smallest absolute Gasteiger partial charge is 0.138 e. The van der Waals surface area contributed by atoms with E-state index in [4.69, 9.17) is 16.3 Å². The first-order chi connectivity index (χ1) is 6.27. The maximum atomic E-state index is 5.98. The fourth-order valence-electron chi connectivity index (χ4n) is 0.985. The van der Waals surface area contributed by atoms with E-state index in [1.807, 2.05) is 25.2 Å². The summed E-state index contributed by atoms with van der Waals surface area (Å²) in [7, 11) is 1.86. The maximum Gasteiger partial charge on any atom is 0.138 e. The molecule has 0 aliphatic heterocycles. The number of hydrogen-bond donors (Lipinski definition) is 1. The molecule has 13 heavy (non-hydrogen) atoms. The number of benzene rings is 1. The molecule has 3 heteroatoms. The first-order valence-electron chi connectivity index (χ1n) is 4.38. The van der Waals surface area contributed by atoms with Crippen molar-refractivity contribution in [1.82, 2.24) is 0 Å². The van der Waals surface area contributed by atoms with Crippen LogP contribution in [0, 0.1) is 0 Å². The normalized spacial score (nSPS) is 9.77. The van der Waals surface area contributed by atoms with Gasteiger partial charge < -0.3 is 10.1 Å². The number of anilines is 1. The molecule has 1 aromatic rings. The Labute approximate surface area is 83.9 Å². The highest BCUT2D eigenvalue weighted by Crippen LogP contribution is 2.27. The van der Waals surface area contributed by atoms with Crippen LogP contribution in [0.15, 0.2) is 18.2 Å². The second-order valence-electron chi connectivity index (χ2n) is 2.74. The average molecular weight is 200 g/mol. The van der Waals surface area contributed by atoms with Crippen molar-refractivity contribution in [3.8, 4) is 5.75 Å². The van der Waals surface area contributed by atoms with Crippen LogP contribution >= 0.6 is 11.6 Å². The van der Waals surface area contributed by atoms with E-state index in [0.29, 0.717) is 11.6 Å². The van der Waals surface area contributed by atoms with Gasteiger partial charge in [-0.25, -0.2) is 0 Å². The molecule has 0 atom stereocenters. The monoisotopic (exact) mass is 199 g/mol. The molecule has 1 aromatic carbocycles. The summed E-state index contributed by atoms with van der Waals surface area (Å²) in [5, 5.41) is 3.66. The van der Waals surface area contributed by atoms with Gasteiger partial charge in [-0.2, -0.15) is 0 Å². The standard InChI is InChI=1S/C10H14ClNO/c1-3-6-13-10-5-4-8(12-2)7-9(10)11/h4-5,7,12H,3,6H2,1-2H3. The quantitative estimate of drug-likeness (QED) is 0.805. The van der Waals surface area contributed by atoms with Gasteiger partial charge in [0.1, 0.15) is 5.75 Å². The molecule has 72 valence electrons. The Morgan fingerprint density at radius 2 is 2.23 bits per heavy atom. The molecule has 0 bridgehead atoms. The van der Waals surface area contributed by atoms with Crippen LogP contribution in [0.4, 0.5) is 5.69 Å². The minimum absolute atomic E-state index is 0.653. The fourth-order valence-corrected chi connectivity index (χ4v) is 1.22. The summed E-state index contributed by atoms with van der Waals surface area (Å²) in [4.78, 5) is 0. The van der Waals surface area contributed by atoms with Crippen LogP contribution in [0.5, 0.6) is 5.75 Å². The van der Waals surface area contributed by atoms with Gasteiger partial charge in [0.25, 0.3) is 0 Å². The Kier molecular flexibility index (Phi) is 3.90. The van der Waals surface area contributed by atoms with Gasteiger partial charge in [0.2, 0.25) is 0 Å². The van der Waals surface area contributed by atoms with E-state index in [2.05, 4.69) is 12.2 Å². The highest BCUT2D eigenvalue weighted by atomic mass is 35.5. The minimum Gasteiger partial charge on any atom is -0.492 e. The van der Waals surface area contributed by atoms with E-state index in [0.717, 1.165) is 17.9 Å². The summed E-state index contributed by atoms with van der Waals surface area (Å²) in [5.41, 5.74) is 0.994. The zero-order valence-electron chi connectivity index (χ0n) is 7.93. The van der Waals surface area contributed by atoms with Crippen molar-refractivity contribution in [1.29, 1.82) is 0 Å². The Bertz CT molecular complexity index is 276. The van der Waals surface area contributed by atoms with E-state index in [1.54, 1.807) is 0 Å². The van der Waals surface area contributed by atoms with Crippen LogP contribution in [-0.2, 0) is 0 Å². The summed E-state index contributed by atoms with van der Waals surface area (Å²) >= 11 is 5.98. The molecule has 0 radical (unpaired) electrons. The lowest BCUT2D eigenvalue weighted by atomic mass is 10.3. The lowest BCUT2D eigenvalue weighted by Gasteiger charge is -2.07. The van der Waals surface area contributed by atoms with Crippen LogP contribution in [0.2, 0.25) is 5.02 Å². The lowest BCUT2D eigenvalue weighted by molar-refractivity contribution is 0.317. The van der Waals surface area contributed by atoms with E-state index in [-0.39, 0.29) is 0 Å². The lowest BCUT2D eigenvalue weighted by Crippen LogP contribution is -1.96. The van der Waals surface area contributed by atoms with Crippen molar-refractivity contribution < 1.29 is 4.74 Å². The Hall–Kier alpha value is -0.890. The molecule has 0 aliphatic carbocycles. The first kappa shape index (κ1) is 10.2. The van der Waals surface area contributed by atoms with Gasteiger partial charge in [0.15, 0.2) is 0 Å². The molecule has 0 aliphatic rings. The van der Waals surface area contributed by atoms with Crippen LogP contribution in [0.3, 0.4) is 0 Å². The minimum atomic E-state index is 0.653. The number of halogens is 1. The molecule has 0 amide bonds. The molecule has 0 aromatic heterocycles. The van der Waals surface area contributed by atoms with Gasteiger partial charge in [-0.05, 0) is 24.6 Å². The Balaban J connectivity index is 2.73. The van der Waals surface area contributed by atoms with E-state index in [1.165, 1.54) is 0 Å². The van der Waals surface area contributed by atoms with Crippen molar-refractivity contribution in [2.45, 2.75) is 13.3 Å². The van der Waals surface area contributed by atoms with Gasteiger partial charge in [-0.3, -0.25) is 0 Å². The van der Waals surface area contributed by atoms with Crippen molar-refractivity contribution in [2.24, 2.45) is 0 Å². The molecule has 0 heterocycles. The second kappa shape index (κ2) is 4.97. The van der Waals surface area contributed by atoms with Crippen molar-refractivity contribution >= 4 is 17.3 Å². The third-order valence-electron chi connectivity index (χ3n) is 1.68. The van der Waals surface area contributed by atoms with Crippen LogP contribution in [0.1, 0.15) is 13.3 Å². The summed E-state index contributed by atoms with van der Waals surface area (Å²) in [6.45, 7) is 2.77. The average Bonchev–Trinajstić information content (AvgIpc) is 2.16. The predicted molar refractivity (Wildman–Crippen MR) is 56.8 cm³/mol. The molecule has 0 saturated heterocycles. The molecule has 0 spiro atoms. The second-order valence-corrected chi connectivity index (χ2v) is 3.15. The summed E-state index contributed by atoms with van der Waals surface area (Å²) in [6.07, 6.45) is 0.990. The molecule has 0 unspecified atom stereocenters. The van der Waals surface area contributed by atoms with Crippen LogP contribution in [0.25, 0.3) is 0 Å². The number of rotatable bonds is 4. The van der Waals surface area contributed by atoms with Gasteiger partial charge in [-0.15, -0.1) is 0 Å². The van der Waals surface area contributed by atoms with Crippen molar-refractivity contribution in [3.63, 3.8) is 0 Å². The van der Waals surface area contributed by atoms with Crippen LogP contribution < -0.4 is 10.1 Å². The Morgan fingerprint density at radius 3 is 2.77 bits per heavy atom. The Morgan fingerprint density at radius 1 is 1.46 bits per heavy atom. The van der Waals surface area contributed by atoms with Crippen LogP contribution in [-0.4, -0.2) is 13.7 Å². The molecular formula is C10H14ClNO. The molecule has 0 saturated carbocycles. The SMILES string of the molecule is CCCOc1ccc(NC)cc1Cl. The maximum absolute atomic E-state index is 5.98. The zero-order valence-corrected chi connectivity index (χ0v) is 8.69. The fraction of sp³-hybridized carbons (Fsp3) is 0.400. The van der Waals surface area contributed by atoms with E-state index >= 15 is 0 Å². The van der Waals surface area contributed by atoms with Crippen molar-refractivity contribution in [3.05, 3.63) is 23.2 Å². The third kappa shape index (κ3) is 2.81. The van der Waals surface area contributed by atoms with Gasteiger partial charge in [0.05, 0.1) is 11.6 Å². The molecule has 1 rings (SSSR count). The summed E-state index contributed by atoms with van der Waals surface area (Å²) in [6, 6.07) is 5.67. The third-order valence-corrected chi connectivity index (χ3v) is 1.98. The molecule has 2 nitrogen and oxygen atoms in total. The topological polar surface area (TPSA) is 21.3 Å². The highest BCUT2D eigenvalue weighted by Gasteiger charge is 2.00. The molecule has 1 N–H and O–H groups in total. The first-order valence-corrected chi connectivity index (χ1v) is 4.75.